The van der Waals surface area contributed by atoms with Crippen molar-refractivity contribution in [1.82, 2.24) is 5.32 Å². The summed E-state index contributed by atoms with van der Waals surface area (Å²) in [6.07, 6.45) is 0.714. The van der Waals surface area contributed by atoms with Crippen molar-refractivity contribution in [2.24, 2.45) is 0 Å². The SMILES string of the molecule is COc1cc(C(=O)NCCCOc2ccccc2)cc(OC)c1Br. The third-order valence-electron chi connectivity index (χ3n) is 3.33. The maximum atomic E-state index is 12.2. The number of halogens is 1. The van der Waals surface area contributed by atoms with Gasteiger partial charge in [0, 0.05) is 12.1 Å². The van der Waals surface area contributed by atoms with Crippen molar-refractivity contribution in [3.05, 3.63) is 52.5 Å². The Balaban J connectivity index is 1.84. The first kappa shape index (κ1) is 18.1. The maximum absolute atomic E-state index is 12.2. The Morgan fingerprint density at radius 2 is 1.71 bits per heavy atom. The van der Waals surface area contributed by atoms with Crippen LogP contribution in [0.3, 0.4) is 0 Å². The molecule has 0 spiro atoms. The molecule has 6 heteroatoms. The number of amides is 1. The average Bonchev–Trinajstić information content (AvgIpc) is 2.62. The van der Waals surface area contributed by atoms with Crippen molar-refractivity contribution in [3.63, 3.8) is 0 Å². The molecule has 0 saturated heterocycles. The third kappa shape index (κ3) is 4.89. The Kier molecular flexibility index (Phi) is 6.93. The van der Waals surface area contributed by atoms with Gasteiger partial charge in [0.2, 0.25) is 0 Å². The second-order valence-electron chi connectivity index (χ2n) is 4.97. The lowest BCUT2D eigenvalue weighted by atomic mass is 10.2. The van der Waals surface area contributed by atoms with Crippen molar-refractivity contribution in [3.8, 4) is 17.2 Å². The molecule has 0 heterocycles. The van der Waals surface area contributed by atoms with Crippen LogP contribution in [0.2, 0.25) is 0 Å². The second-order valence-corrected chi connectivity index (χ2v) is 5.76. The van der Waals surface area contributed by atoms with E-state index < -0.39 is 0 Å². The topological polar surface area (TPSA) is 56.8 Å². The zero-order valence-electron chi connectivity index (χ0n) is 13.7. The molecule has 2 aromatic rings. The Hall–Kier alpha value is -2.21. The summed E-state index contributed by atoms with van der Waals surface area (Å²) in [6, 6.07) is 12.9. The third-order valence-corrected chi connectivity index (χ3v) is 4.11. The van der Waals surface area contributed by atoms with Crippen LogP contribution in [-0.4, -0.2) is 33.3 Å². The predicted octanol–water partition coefficient (Wildman–Crippen LogP) is 3.67. The van der Waals surface area contributed by atoms with E-state index in [2.05, 4.69) is 21.2 Å². The van der Waals surface area contributed by atoms with E-state index in [-0.39, 0.29) is 5.91 Å². The van der Waals surface area contributed by atoms with Crippen molar-refractivity contribution >= 4 is 21.8 Å². The lowest BCUT2D eigenvalue weighted by molar-refractivity contribution is 0.0951. The Morgan fingerprint density at radius 1 is 1.08 bits per heavy atom. The highest BCUT2D eigenvalue weighted by Gasteiger charge is 2.14. The van der Waals surface area contributed by atoms with Gasteiger partial charge < -0.3 is 19.5 Å². The van der Waals surface area contributed by atoms with Crippen LogP contribution in [0.25, 0.3) is 0 Å². The number of hydrogen-bond acceptors (Lipinski definition) is 4. The van der Waals surface area contributed by atoms with Gasteiger partial charge in [-0.3, -0.25) is 4.79 Å². The molecule has 2 rings (SSSR count). The zero-order chi connectivity index (χ0) is 17.4. The minimum Gasteiger partial charge on any atom is -0.495 e. The summed E-state index contributed by atoms with van der Waals surface area (Å²) in [5, 5.41) is 2.86. The predicted molar refractivity (Wildman–Crippen MR) is 96.1 cm³/mol. The van der Waals surface area contributed by atoms with Crippen LogP contribution in [0.1, 0.15) is 16.8 Å². The highest BCUT2D eigenvalue weighted by Crippen LogP contribution is 2.35. The number of carbonyl (C=O) groups excluding carboxylic acids is 1. The fraction of sp³-hybridized carbons (Fsp3) is 0.278. The molecule has 0 saturated carbocycles. The van der Waals surface area contributed by atoms with Gasteiger partial charge in [-0.2, -0.15) is 0 Å². The van der Waals surface area contributed by atoms with Gasteiger partial charge in [-0.05, 0) is 46.6 Å². The smallest absolute Gasteiger partial charge is 0.251 e. The van der Waals surface area contributed by atoms with Gasteiger partial charge >= 0.3 is 0 Å². The van der Waals surface area contributed by atoms with Crippen LogP contribution in [0, 0.1) is 0 Å². The second kappa shape index (κ2) is 9.17. The number of rotatable bonds is 8. The molecule has 24 heavy (non-hydrogen) atoms. The van der Waals surface area contributed by atoms with Gasteiger partial charge in [-0.1, -0.05) is 18.2 Å². The molecule has 0 radical (unpaired) electrons. The van der Waals surface area contributed by atoms with Crippen molar-refractivity contribution in [2.75, 3.05) is 27.4 Å². The standard InChI is InChI=1S/C18H20BrNO4/c1-22-15-11-13(12-16(23-2)17(15)19)18(21)20-9-6-10-24-14-7-4-3-5-8-14/h3-5,7-8,11-12H,6,9-10H2,1-2H3,(H,20,21). The summed E-state index contributed by atoms with van der Waals surface area (Å²) in [5.74, 6) is 1.74. The van der Waals surface area contributed by atoms with Gasteiger partial charge in [0.15, 0.2) is 0 Å². The fourth-order valence-corrected chi connectivity index (χ4v) is 2.64. The fourth-order valence-electron chi connectivity index (χ4n) is 2.08. The van der Waals surface area contributed by atoms with Crippen molar-refractivity contribution < 1.29 is 19.0 Å². The summed E-state index contributed by atoms with van der Waals surface area (Å²) in [5.41, 5.74) is 0.482. The molecule has 1 amide bonds. The molecule has 5 nitrogen and oxygen atoms in total. The van der Waals surface area contributed by atoms with E-state index in [0.29, 0.717) is 41.1 Å². The molecule has 128 valence electrons. The molecule has 0 aromatic heterocycles. The van der Waals surface area contributed by atoms with Gasteiger partial charge in [0.25, 0.3) is 5.91 Å². The van der Waals surface area contributed by atoms with E-state index in [0.717, 1.165) is 5.75 Å². The number of nitrogens with one attached hydrogen (secondary N) is 1. The van der Waals surface area contributed by atoms with Crippen LogP contribution in [0.5, 0.6) is 17.2 Å². The number of ether oxygens (including phenoxy) is 3. The highest BCUT2D eigenvalue weighted by atomic mass is 79.9. The summed E-state index contributed by atoms with van der Waals surface area (Å²) in [7, 11) is 3.09. The molecule has 0 aliphatic heterocycles. The number of methoxy groups -OCH3 is 2. The van der Waals surface area contributed by atoms with Crippen LogP contribution in [-0.2, 0) is 0 Å². The minimum atomic E-state index is -0.182. The number of hydrogen-bond donors (Lipinski definition) is 1. The Morgan fingerprint density at radius 3 is 2.29 bits per heavy atom. The van der Waals surface area contributed by atoms with Gasteiger partial charge in [-0.15, -0.1) is 0 Å². The summed E-state index contributed by atoms with van der Waals surface area (Å²) < 4.78 is 16.8. The quantitative estimate of drug-likeness (QED) is 0.695. The zero-order valence-corrected chi connectivity index (χ0v) is 15.3. The minimum absolute atomic E-state index is 0.182. The number of benzene rings is 2. The van der Waals surface area contributed by atoms with Gasteiger partial charge in [0.05, 0.1) is 20.8 Å². The van der Waals surface area contributed by atoms with E-state index in [1.165, 1.54) is 0 Å². The summed E-state index contributed by atoms with van der Waals surface area (Å²) in [4.78, 5) is 12.2. The number of carbonyl (C=O) groups is 1. The van der Waals surface area contributed by atoms with E-state index in [4.69, 9.17) is 14.2 Å². The molecule has 0 bridgehead atoms. The van der Waals surface area contributed by atoms with Crippen LogP contribution in [0.15, 0.2) is 46.9 Å². The molecule has 1 N–H and O–H groups in total. The normalized spacial score (nSPS) is 10.1. The Bertz CT molecular complexity index is 651. The first-order valence-corrected chi connectivity index (χ1v) is 8.32. The molecule has 0 fully saturated rings. The Labute approximate surface area is 150 Å². The monoisotopic (exact) mass is 393 g/mol. The first-order valence-electron chi connectivity index (χ1n) is 7.53. The van der Waals surface area contributed by atoms with Crippen LogP contribution in [0.4, 0.5) is 0 Å². The van der Waals surface area contributed by atoms with E-state index in [1.54, 1.807) is 26.4 Å². The number of para-hydroxylation sites is 1. The van der Waals surface area contributed by atoms with E-state index in [9.17, 15) is 4.79 Å². The van der Waals surface area contributed by atoms with Gasteiger partial charge in [0.1, 0.15) is 21.7 Å². The summed E-state index contributed by atoms with van der Waals surface area (Å²) in [6.45, 7) is 1.06. The molecular weight excluding hydrogens is 374 g/mol. The van der Waals surface area contributed by atoms with Crippen molar-refractivity contribution in [1.29, 1.82) is 0 Å². The van der Waals surface area contributed by atoms with E-state index in [1.807, 2.05) is 30.3 Å². The molecular formula is C18H20BrNO4. The van der Waals surface area contributed by atoms with Crippen LogP contribution >= 0.6 is 15.9 Å². The maximum Gasteiger partial charge on any atom is 0.251 e. The molecule has 0 aliphatic carbocycles. The molecule has 2 aromatic carbocycles. The van der Waals surface area contributed by atoms with Gasteiger partial charge in [-0.25, -0.2) is 0 Å². The lowest BCUT2D eigenvalue weighted by Crippen LogP contribution is -2.25. The molecule has 0 unspecified atom stereocenters. The molecule has 0 atom stereocenters. The van der Waals surface area contributed by atoms with Crippen molar-refractivity contribution in [2.45, 2.75) is 6.42 Å². The lowest BCUT2D eigenvalue weighted by Gasteiger charge is -2.12. The highest BCUT2D eigenvalue weighted by molar-refractivity contribution is 9.10. The van der Waals surface area contributed by atoms with E-state index >= 15 is 0 Å². The average molecular weight is 394 g/mol. The van der Waals surface area contributed by atoms with Crippen LogP contribution < -0.4 is 19.5 Å². The first-order chi connectivity index (χ1) is 11.7. The summed E-state index contributed by atoms with van der Waals surface area (Å²) >= 11 is 3.38. The molecule has 0 aliphatic rings. The largest absolute Gasteiger partial charge is 0.495 e.